The maximum Gasteiger partial charge on any atom is 0.358 e. The molecular formula is C45H51N7O5S2. The van der Waals surface area contributed by atoms with Crippen LogP contribution in [0.15, 0.2) is 67.0 Å². The van der Waals surface area contributed by atoms with Crippen molar-refractivity contribution in [2.75, 3.05) is 41.4 Å². The number of esters is 1. The molecule has 2 aromatic carbocycles. The zero-order valence-electron chi connectivity index (χ0n) is 33.9. The van der Waals surface area contributed by atoms with E-state index in [1.807, 2.05) is 75.5 Å². The second-order valence-corrected chi connectivity index (χ2v) is 22.2. The Labute approximate surface area is 349 Å². The molecule has 14 heteroatoms. The molecule has 308 valence electrons. The van der Waals surface area contributed by atoms with Crippen molar-refractivity contribution in [2.45, 2.75) is 89.9 Å². The number of hydrogen-bond acceptors (Lipinski definition) is 11. The van der Waals surface area contributed by atoms with Gasteiger partial charge in [-0.2, -0.15) is 5.10 Å². The van der Waals surface area contributed by atoms with Crippen molar-refractivity contribution >= 4 is 54.2 Å². The van der Waals surface area contributed by atoms with Crippen LogP contribution in [0, 0.1) is 17.3 Å². The van der Waals surface area contributed by atoms with Gasteiger partial charge in [-0.15, -0.1) is 0 Å². The molecule has 5 aromatic rings. The largest absolute Gasteiger partial charge is 0.455 e. The van der Waals surface area contributed by atoms with Gasteiger partial charge in [-0.05, 0) is 124 Å². The highest BCUT2D eigenvalue weighted by Crippen LogP contribution is 2.64. The fourth-order valence-electron chi connectivity index (χ4n) is 11.5. The Morgan fingerprint density at radius 3 is 2.49 bits per heavy atom. The number of fused-ring (bicyclic) bond motifs is 2. The van der Waals surface area contributed by atoms with Crippen LogP contribution in [-0.4, -0.2) is 87.2 Å². The Hall–Kier alpha value is -4.66. The summed E-state index contributed by atoms with van der Waals surface area (Å²) in [7, 11) is -2.95. The number of anilines is 2. The maximum atomic E-state index is 14.0. The molecule has 3 aromatic heterocycles. The third-order valence-electron chi connectivity index (χ3n) is 13.4. The van der Waals surface area contributed by atoms with Gasteiger partial charge < -0.3 is 9.64 Å². The van der Waals surface area contributed by atoms with Crippen molar-refractivity contribution in [1.29, 1.82) is 0 Å². The molecule has 4 bridgehead atoms. The predicted molar refractivity (Wildman–Crippen MR) is 229 cm³/mol. The Kier molecular flexibility index (Phi) is 9.29. The van der Waals surface area contributed by atoms with Crippen molar-refractivity contribution in [3.8, 4) is 11.1 Å². The number of nitrogens with zero attached hydrogens (tertiary/aromatic N) is 6. The SMILES string of the molecule is CC(C)(C)OC(=O)c1nc(N2CCc3cccc(C(=O)Nc4nc5ccccc5s4)c3C2)ccc1-c1cnn(CC23CC4CC(C2)CC(N2CCS(=O)(=O)CC2)(C4)C3)c1. The highest BCUT2D eigenvalue weighted by atomic mass is 32.2. The number of benzene rings is 2. The molecule has 2 aliphatic heterocycles. The number of nitrogens with one attached hydrogen (secondary N) is 1. The second kappa shape index (κ2) is 14.2. The van der Waals surface area contributed by atoms with E-state index < -0.39 is 21.4 Å². The number of rotatable bonds is 8. The number of amides is 1. The lowest BCUT2D eigenvalue weighted by Gasteiger charge is -2.65. The molecule has 5 heterocycles. The van der Waals surface area contributed by atoms with Gasteiger partial charge in [-0.1, -0.05) is 35.6 Å². The molecule has 1 N–H and O–H groups in total. The summed E-state index contributed by atoms with van der Waals surface area (Å²) in [4.78, 5) is 42.0. The molecule has 2 unspecified atom stereocenters. The summed E-state index contributed by atoms with van der Waals surface area (Å²) < 4.78 is 33.7. The summed E-state index contributed by atoms with van der Waals surface area (Å²) in [6, 6.07) is 17.6. The van der Waals surface area contributed by atoms with Crippen LogP contribution < -0.4 is 10.2 Å². The van der Waals surface area contributed by atoms with E-state index in [4.69, 9.17) is 14.8 Å². The monoisotopic (exact) mass is 833 g/mol. The molecule has 4 saturated carbocycles. The number of carbonyl (C=O) groups excluding carboxylic acids is 2. The van der Waals surface area contributed by atoms with Crippen LogP contribution in [0.3, 0.4) is 0 Å². The fraction of sp³-hybridized carbons (Fsp3) is 0.489. The first kappa shape index (κ1) is 38.5. The van der Waals surface area contributed by atoms with Crippen LogP contribution in [0.1, 0.15) is 91.3 Å². The number of hydrogen-bond donors (Lipinski definition) is 1. The predicted octanol–water partition coefficient (Wildman–Crippen LogP) is 7.39. The first-order valence-electron chi connectivity index (χ1n) is 21.0. The number of thiazole rings is 1. The molecule has 0 radical (unpaired) electrons. The number of ether oxygens (including phenoxy) is 1. The van der Waals surface area contributed by atoms with E-state index in [2.05, 4.69) is 37.0 Å². The van der Waals surface area contributed by atoms with E-state index in [0.717, 1.165) is 46.3 Å². The van der Waals surface area contributed by atoms with Gasteiger partial charge in [0.2, 0.25) is 0 Å². The molecule has 2 atom stereocenters. The quantitative estimate of drug-likeness (QED) is 0.158. The number of pyridine rings is 1. The minimum Gasteiger partial charge on any atom is -0.455 e. The second-order valence-electron chi connectivity index (χ2n) is 18.9. The van der Waals surface area contributed by atoms with Gasteiger partial charge in [0.15, 0.2) is 20.7 Å². The van der Waals surface area contributed by atoms with E-state index in [1.165, 1.54) is 43.4 Å². The van der Waals surface area contributed by atoms with Gasteiger partial charge in [-0.3, -0.25) is 19.7 Å². The number of para-hydroxylation sites is 1. The zero-order valence-corrected chi connectivity index (χ0v) is 35.6. The Bertz CT molecular complexity index is 2530. The molecule has 11 rings (SSSR count). The molecule has 1 saturated heterocycles. The molecule has 59 heavy (non-hydrogen) atoms. The van der Waals surface area contributed by atoms with Crippen LogP contribution >= 0.6 is 11.3 Å². The van der Waals surface area contributed by atoms with Gasteiger partial charge in [0.05, 0.1) is 27.9 Å². The molecule has 1 amide bonds. The van der Waals surface area contributed by atoms with Gasteiger partial charge in [0.1, 0.15) is 11.4 Å². The van der Waals surface area contributed by atoms with E-state index in [1.54, 1.807) is 0 Å². The van der Waals surface area contributed by atoms with Crippen molar-refractivity contribution < 1.29 is 22.7 Å². The normalized spacial score (nSPS) is 26.2. The fourth-order valence-corrected chi connectivity index (χ4v) is 13.6. The van der Waals surface area contributed by atoms with Crippen LogP contribution in [-0.2, 0) is 34.1 Å². The lowest BCUT2D eigenvalue weighted by molar-refractivity contribution is -0.137. The van der Waals surface area contributed by atoms with E-state index in [0.29, 0.717) is 60.1 Å². The van der Waals surface area contributed by atoms with E-state index >= 15 is 0 Å². The first-order chi connectivity index (χ1) is 28.2. The number of sulfone groups is 1. The van der Waals surface area contributed by atoms with Gasteiger partial charge in [-0.25, -0.2) is 23.2 Å². The third-order valence-corrected chi connectivity index (χ3v) is 16.0. The lowest BCUT2D eigenvalue weighted by atomic mass is 9.46. The topological polar surface area (TPSA) is 140 Å². The standard InChI is InChI=1S/C45H51N7O5S2/c1-43(2,3)57-41(54)39-33(32-24-46-52(25-32)28-44-20-29-19-30(21-44)23-45(22-29,27-44)51-15-17-59(55,56)18-16-51)11-12-38(48-39)50-14-13-31-7-6-8-34(35(31)26-50)40(53)49-42-47-36-9-4-5-10-37(36)58-42/h4-12,24-25,29-30H,13-23,26-28H2,1-3H3,(H,47,49,53). The summed E-state index contributed by atoms with van der Waals surface area (Å²) in [5, 5.41) is 8.48. The summed E-state index contributed by atoms with van der Waals surface area (Å²) >= 11 is 1.45. The summed E-state index contributed by atoms with van der Waals surface area (Å²) in [6.07, 6.45) is 11.7. The minimum atomic E-state index is -2.95. The van der Waals surface area contributed by atoms with Gasteiger partial charge in [0.25, 0.3) is 5.91 Å². The highest BCUT2D eigenvalue weighted by molar-refractivity contribution is 7.91. The minimum absolute atomic E-state index is 0.0789. The summed E-state index contributed by atoms with van der Waals surface area (Å²) in [5.41, 5.74) is 4.66. The first-order valence-corrected chi connectivity index (χ1v) is 23.6. The third kappa shape index (κ3) is 7.45. The molecule has 5 fully saturated rings. The van der Waals surface area contributed by atoms with Crippen LogP contribution in [0.4, 0.5) is 10.9 Å². The molecule has 4 aliphatic carbocycles. The Morgan fingerprint density at radius 2 is 1.73 bits per heavy atom. The molecule has 6 aliphatic rings. The Morgan fingerprint density at radius 1 is 0.949 bits per heavy atom. The van der Waals surface area contributed by atoms with E-state index in [-0.39, 0.29) is 34.1 Å². The van der Waals surface area contributed by atoms with E-state index in [9.17, 15) is 18.0 Å². The Balaban J connectivity index is 0.909. The van der Waals surface area contributed by atoms with Crippen molar-refractivity contribution in [3.05, 3.63) is 89.4 Å². The van der Waals surface area contributed by atoms with Crippen LogP contribution in [0.25, 0.3) is 21.3 Å². The average molecular weight is 834 g/mol. The molecular weight excluding hydrogens is 783 g/mol. The summed E-state index contributed by atoms with van der Waals surface area (Å²) in [6.45, 7) is 8.78. The number of aromatic nitrogens is 4. The van der Waals surface area contributed by atoms with Crippen molar-refractivity contribution in [2.24, 2.45) is 17.3 Å². The average Bonchev–Trinajstić information content (AvgIpc) is 3.82. The van der Waals surface area contributed by atoms with Gasteiger partial charge >= 0.3 is 5.97 Å². The van der Waals surface area contributed by atoms with Gasteiger partial charge in [0, 0.05) is 61.1 Å². The van der Waals surface area contributed by atoms with Crippen molar-refractivity contribution in [1.82, 2.24) is 24.6 Å². The van der Waals surface area contributed by atoms with Crippen LogP contribution in [0.5, 0.6) is 0 Å². The highest BCUT2D eigenvalue weighted by Gasteiger charge is 2.60. The maximum absolute atomic E-state index is 14.0. The van der Waals surface area contributed by atoms with Crippen LogP contribution in [0.2, 0.25) is 0 Å². The zero-order chi connectivity index (χ0) is 40.7. The molecule has 12 nitrogen and oxygen atoms in total. The van der Waals surface area contributed by atoms with Crippen molar-refractivity contribution in [3.63, 3.8) is 0 Å². The number of carbonyl (C=O) groups is 2. The lowest BCUT2D eigenvalue weighted by Crippen LogP contribution is -2.65. The smallest absolute Gasteiger partial charge is 0.358 e. The summed E-state index contributed by atoms with van der Waals surface area (Å²) in [5.74, 6) is 1.78. The molecule has 0 spiro atoms.